The number of aromatic nitrogens is 2. The summed E-state index contributed by atoms with van der Waals surface area (Å²) >= 11 is 0. The number of benzene rings is 1. The van der Waals surface area contributed by atoms with Gasteiger partial charge in [-0.3, -0.25) is 4.57 Å². The summed E-state index contributed by atoms with van der Waals surface area (Å²) in [4.78, 5) is 14.5. The van der Waals surface area contributed by atoms with Crippen molar-refractivity contribution in [2.24, 2.45) is 0 Å². The SMILES string of the molecule is CNCCCn1c(=O)[nH]c2ccccc21.Cl. The Morgan fingerprint density at radius 3 is 2.88 bits per heavy atom. The predicted octanol–water partition coefficient (Wildman–Crippen LogP) is 1.36. The highest BCUT2D eigenvalue weighted by Gasteiger charge is 2.04. The Morgan fingerprint density at radius 2 is 2.12 bits per heavy atom. The maximum absolute atomic E-state index is 11.6. The lowest BCUT2D eigenvalue weighted by Gasteiger charge is -2.02. The van der Waals surface area contributed by atoms with Crippen LogP contribution < -0.4 is 11.0 Å². The molecule has 0 aliphatic carbocycles. The average Bonchev–Trinajstić information content (AvgIpc) is 2.56. The van der Waals surface area contributed by atoms with Gasteiger partial charge >= 0.3 is 5.69 Å². The van der Waals surface area contributed by atoms with Crippen LogP contribution in [0.4, 0.5) is 0 Å². The van der Waals surface area contributed by atoms with E-state index in [1.54, 1.807) is 4.57 Å². The number of hydrogen-bond acceptors (Lipinski definition) is 2. The molecule has 0 bridgehead atoms. The van der Waals surface area contributed by atoms with Gasteiger partial charge in [0.1, 0.15) is 0 Å². The Kier molecular flexibility index (Phi) is 4.58. The molecule has 0 amide bonds. The lowest BCUT2D eigenvalue weighted by atomic mass is 10.3. The predicted molar refractivity (Wildman–Crippen MR) is 68.4 cm³/mol. The third-order valence-corrected chi connectivity index (χ3v) is 2.49. The Bertz CT molecular complexity index is 503. The highest BCUT2D eigenvalue weighted by Crippen LogP contribution is 2.08. The highest BCUT2D eigenvalue weighted by molar-refractivity contribution is 5.85. The van der Waals surface area contributed by atoms with E-state index in [4.69, 9.17) is 0 Å². The van der Waals surface area contributed by atoms with Crippen molar-refractivity contribution < 1.29 is 0 Å². The molecule has 0 unspecified atom stereocenters. The number of para-hydroxylation sites is 2. The van der Waals surface area contributed by atoms with E-state index >= 15 is 0 Å². The van der Waals surface area contributed by atoms with Crippen molar-refractivity contribution in [3.8, 4) is 0 Å². The third kappa shape index (κ3) is 2.46. The first-order valence-corrected chi connectivity index (χ1v) is 5.15. The molecule has 88 valence electrons. The quantitative estimate of drug-likeness (QED) is 0.795. The molecule has 5 heteroatoms. The largest absolute Gasteiger partial charge is 0.326 e. The normalized spacial score (nSPS) is 10.3. The van der Waals surface area contributed by atoms with Crippen LogP contribution >= 0.6 is 12.4 Å². The van der Waals surface area contributed by atoms with Gasteiger partial charge < -0.3 is 10.3 Å². The second-order valence-corrected chi connectivity index (χ2v) is 3.56. The van der Waals surface area contributed by atoms with Crippen molar-refractivity contribution >= 4 is 23.4 Å². The molecule has 0 saturated heterocycles. The first kappa shape index (κ1) is 12.8. The smallest absolute Gasteiger partial charge is 0.320 e. The number of fused-ring (bicyclic) bond motifs is 1. The van der Waals surface area contributed by atoms with E-state index in [1.807, 2.05) is 31.3 Å². The van der Waals surface area contributed by atoms with E-state index in [-0.39, 0.29) is 18.1 Å². The van der Waals surface area contributed by atoms with Crippen molar-refractivity contribution in [1.82, 2.24) is 14.9 Å². The second kappa shape index (κ2) is 5.72. The Hall–Kier alpha value is -1.26. The van der Waals surface area contributed by atoms with Crippen LogP contribution in [0.2, 0.25) is 0 Å². The zero-order chi connectivity index (χ0) is 10.7. The highest BCUT2D eigenvalue weighted by atomic mass is 35.5. The molecular weight excluding hydrogens is 226 g/mol. The number of aryl methyl sites for hydroxylation is 1. The van der Waals surface area contributed by atoms with Gasteiger partial charge in [0.25, 0.3) is 0 Å². The summed E-state index contributed by atoms with van der Waals surface area (Å²) in [6.07, 6.45) is 0.957. The second-order valence-electron chi connectivity index (χ2n) is 3.56. The van der Waals surface area contributed by atoms with Crippen molar-refractivity contribution in [3.63, 3.8) is 0 Å². The van der Waals surface area contributed by atoms with E-state index in [9.17, 15) is 4.79 Å². The maximum Gasteiger partial charge on any atom is 0.326 e. The molecule has 0 aliphatic rings. The number of nitrogens with zero attached hydrogens (tertiary/aromatic N) is 1. The average molecular weight is 242 g/mol. The summed E-state index contributed by atoms with van der Waals surface area (Å²) in [5, 5.41) is 3.07. The van der Waals surface area contributed by atoms with Crippen LogP contribution in [0.3, 0.4) is 0 Å². The van der Waals surface area contributed by atoms with E-state index in [1.165, 1.54) is 0 Å². The zero-order valence-corrected chi connectivity index (χ0v) is 10.0. The first-order valence-electron chi connectivity index (χ1n) is 5.15. The molecule has 1 aromatic carbocycles. The number of H-pyrrole nitrogens is 1. The first-order chi connectivity index (χ1) is 7.33. The number of nitrogens with one attached hydrogen (secondary N) is 2. The van der Waals surface area contributed by atoms with Gasteiger partial charge in [-0.15, -0.1) is 12.4 Å². The molecule has 2 rings (SSSR count). The fourth-order valence-electron chi connectivity index (χ4n) is 1.74. The number of rotatable bonds is 4. The van der Waals surface area contributed by atoms with Gasteiger partial charge in [0.15, 0.2) is 0 Å². The van der Waals surface area contributed by atoms with Crippen LogP contribution in [0, 0.1) is 0 Å². The zero-order valence-electron chi connectivity index (χ0n) is 9.19. The summed E-state index contributed by atoms with van der Waals surface area (Å²) in [7, 11) is 1.91. The Balaban J connectivity index is 0.00000128. The summed E-state index contributed by atoms with van der Waals surface area (Å²) in [5.41, 5.74) is 1.87. The molecule has 2 N–H and O–H groups in total. The number of aromatic amines is 1. The molecule has 2 aromatic rings. The topological polar surface area (TPSA) is 49.8 Å². The molecule has 0 atom stereocenters. The molecule has 4 nitrogen and oxygen atoms in total. The molecule has 0 aliphatic heterocycles. The van der Waals surface area contributed by atoms with Crippen LogP contribution in [0.1, 0.15) is 6.42 Å². The van der Waals surface area contributed by atoms with E-state index < -0.39 is 0 Å². The van der Waals surface area contributed by atoms with Crippen LogP contribution in [-0.4, -0.2) is 23.1 Å². The summed E-state index contributed by atoms with van der Waals surface area (Å²) in [6.45, 7) is 1.68. The minimum absolute atomic E-state index is 0. The molecule has 0 fully saturated rings. The minimum Gasteiger partial charge on any atom is -0.320 e. The third-order valence-electron chi connectivity index (χ3n) is 2.49. The summed E-state index contributed by atoms with van der Waals surface area (Å²) in [5.74, 6) is 0. The van der Waals surface area contributed by atoms with E-state index in [2.05, 4.69) is 10.3 Å². The molecular formula is C11H16ClN3O. The molecule has 16 heavy (non-hydrogen) atoms. The van der Waals surface area contributed by atoms with Crippen molar-refractivity contribution in [3.05, 3.63) is 34.7 Å². The molecule has 1 heterocycles. The number of halogens is 1. The Morgan fingerprint density at radius 1 is 1.38 bits per heavy atom. The van der Waals surface area contributed by atoms with Gasteiger partial charge in [-0.05, 0) is 32.1 Å². The summed E-state index contributed by atoms with van der Waals surface area (Å²) in [6, 6.07) is 7.76. The minimum atomic E-state index is -0.0210. The van der Waals surface area contributed by atoms with Crippen LogP contribution in [0.25, 0.3) is 11.0 Å². The van der Waals surface area contributed by atoms with Crippen molar-refractivity contribution in [2.45, 2.75) is 13.0 Å². The maximum atomic E-state index is 11.6. The van der Waals surface area contributed by atoms with Crippen LogP contribution in [-0.2, 0) is 6.54 Å². The van der Waals surface area contributed by atoms with Gasteiger partial charge in [-0.2, -0.15) is 0 Å². The van der Waals surface area contributed by atoms with Crippen molar-refractivity contribution in [2.75, 3.05) is 13.6 Å². The molecule has 1 aromatic heterocycles. The van der Waals surface area contributed by atoms with Crippen LogP contribution in [0.15, 0.2) is 29.1 Å². The Labute approximate surface area is 100 Å². The lowest BCUT2D eigenvalue weighted by molar-refractivity contribution is 0.611. The molecule has 0 spiro atoms. The van der Waals surface area contributed by atoms with Gasteiger partial charge in [-0.25, -0.2) is 4.79 Å². The monoisotopic (exact) mass is 241 g/mol. The standard InChI is InChI=1S/C11H15N3O.ClH/c1-12-7-4-8-14-10-6-3-2-5-9(10)13-11(14)15;/h2-3,5-6,12H,4,7-8H2,1H3,(H,13,15);1H. The fourth-order valence-corrected chi connectivity index (χ4v) is 1.74. The van der Waals surface area contributed by atoms with Gasteiger partial charge in [0.05, 0.1) is 11.0 Å². The van der Waals surface area contributed by atoms with Gasteiger partial charge in [0.2, 0.25) is 0 Å². The van der Waals surface area contributed by atoms with Gasteiger partial charge in [-0.1, -0.05) is 12.1 Å². The number of hydrogen-bond donors (Lipinski definition) is 2. The van der Waals surface area contributed by atoms with Gasteiger partial charge in [0, 0.05) is 6.54 Å². The van der Waals surface area contributed by atoms with Crippen molar-refractivity contribution in [1.29, 1.82) is 0 Å². The fraction of sp³-hybridized carbons (Fsp3) is 0.364. The van der Waals surface area contributed by atoms with E-state index in [0.717, 1.165) is 30.5 Å². The van der Waals surface area contributed by atoms with E-state index in [0.29, 0.717) is 0 Å². The lowest BCUT2D eigenvalue weighted by Crippen LogP contribution is -2.19. The van der Waals surface area contributed by atoms with Crippen LogP contribution in [0.5, 0.6) is 0 Å². The summed E-state index contributed by atoms with van der Waals surface area (Å²) < 4.78 is 1.78. The molecule has 0 saturated carbocycles. The number of imidazole rings is 1. The molecule has 0 radical (unpaired) electrons.